The average Bonchev–Trinajstić information content (AvgIpc) is 2.73. The van der Waals surface area contributed by atoms with Crippen molar-refractivity contribution >= 4 is 0 Å². The monoisotopic (exact) mass is 402 g/mol. The molecule has 0 spiro atoms. The van der Waals surface area contributed by atoms with Crippen molar-refractivity contribution in [3.63, 3.8) is 0 Å². The summed E-state index contributed by atoms with van der Waals surface area (Å²) in [5.41, 5.74) is 7.41. The van der Waals surface area contributed by atoms with Crippen LogP contribution in [-0.2, 0) is 19.5 Å². The molecule has 1 unspecified atom stereocenters. The molecular formula is C20H32N2Ru+. The first kappa shape index (κ1) is 21.3. The minimum absolute atomic E-state index is 0. The predicted molar refractivity (Wildman–Crippen MR) is 95.5 cm³/mol. The van der Waals surface area contributed by atoms with E-state index in [9.17, 15) is 0 Å². The Kier molecular flexibility index (Phi) is 8.45. The average molecular weight is 402 g/mol. The fraction of sp³-hybridized carbons (Fsp3) is 0.650. The van der Waals surface area contributed by atoms with Crippen LogP contribution >= 0.6 is 0 Å². The summed E-state index contributed by atoms with van der Waals surface area (Å²) in [5, 5.41) is 0. The van der Waals surface area contributed by atoms with Gasteiger partial charge in [-0.2, -0.15) is 0 Å². The van der Waals surface area contributed by atoms with Gasteiger partial charge < -0.3 is 10.6 Å². The molecule has 0 aromatic heterocycles. The third kappa shape index (κ3) is 4.47. The molecule has 2 bridgehead atoms. The Bertz CT molecular complexity index is 328. The van der Waals surface area contributed by atoms with Crippen molar-refractivity contribution in [1.82, 2.24) is 4.90 Å². The van der Waals surface area contributed by atoms with Crippen LogP contribution in [0.3, 0.4) is 0 Å². The predicted octanol–water partition coefficient (Wildman–Crippen LogP) is 4.90. The summed E-state index contributed by atoms with van der Waals surface area (Å²) in [4.78, 5) is 2.47. The van der Waals surface area contributed by atoms with E-state index in [-0.39, 0.29) is 19.5 Å². The Morgan fingerprint density at radius 3 is 1.83 bits per heavy atom. The smallest absolute Gasteiger partial charge is 0.676 e. The van der Waals surface area contributed by atoms with Gasteiger partial charge in [0.05, 0.1) is 0 Å². The maximum Gasteiger partial charge on any atom is 2.00 e. The summed E-state index contributed by atoms with van der Waals surface area (Å²) in [6.45, 7) is 17.8. The third-order valence-electron chi connectivity index (χ3n) is 6.28. The summed E-state index contributed by atoms with van der Waals surface area (Å²) in [6.07, 6.45) is 4.67. The molecular weight excluding hydrogens is 369 g/mol. The van der Waals surface area contributed by atoms with Crippen LogP contribution < -0.4 is 0 Å². The van der Waals surface area contributed by atoms with Crippen LogP contribution in [0.15, 0.2) is 12.7 Å². The summed E-state index contributed by atoms with van der Waals surface area (Å²) in [6, 6.07) is 0.556. The standard InChI is InChI=1S/C10H17N2.C10H15.Ru/c1-2-8-7-12-4-3-9(8)5-10(12)6-11;1-6-7(2)9(4)10(5)8(6)3;/h2,8-11H,1,3-7H2;1-5H3;/q-1;;+2/t8-,9-,10+;;/m0../s1. The third-order valence-corrected chi connectivity index (χ3v) is 6.28. The van der Waals surface area contributed by atoms with E-state index in [1.165, 1.54) is 49.0 Å². The zero-order valence-electron chi connectivity index (χ0n) is 15.4. The zero-order chi connectivity index (χ0) is 16.4. The van der Waals surface area contributed by atoms with Gasteiger partial charge in [-0.25, -0.2) is 0 Å². The molecule has 4 atom stereocenters. The minimum atomic E-state index is 0. The first-order valence-corrected chi connectivity index (χ1v) is 8.61. The Morgan fingerprint density at radius 1 is 1.04 bits per heavy atom. The number of hydrogen-bond acceptors (Lipinski definition) is 1. The van der Waals surface area contributed by atoms with Crippen LogP contribution in [0.1, 0.15) is 47.5 Å². The molecule has 4 rings (SSSR count). The van der Waals surface area contributed by atoms with Gasteiger partial charge in [-0.3, -0.25) is 0 Å². The Balaban J connectivity index is 0.000000224. The number of piperidine rings is 3. The molecule has 3 aliphatic heterocycles. The van der Waals surface area contributed by atoms with Crippen LogP contribution in [-0.4, -0.2) is 30.6 Å². The van der Waals surface area contributed by atoms with Crippen LogP contribution in [0, 0.1) is 41.4 Å². The molecule has 0 aromatic carbocycles. The van der Waals surface area contributed by atoms with Crippen molar-refractivity contribution in [2.75, 3.05) is 19.6 Å². The first-order chi connectivity index (χ1) is 10.4. The molecule has 1 N–H and O–H groups in total. The second-order valence-electron chi connectivity index (χ2n) is 7.16. The van der Waals surface area contributed by atoms with Gasteiger partial charge in [-0.1, -0.05) is 40.7 Å². The molecule has 2 nitrogen and oxygen atoms in total. The number of nitrogens with one attached hydrogen (secondary N) is 1. The van der Waals surface area contributed by atoms with Gasteiger partial charge in [0.15, 0.2) is 0 Å². The fourth-order valence-electron chi connectivity index (χ4n) is 4.07. The normalized spacial score (nSPS) is 36.4. The Labute approximate surface area is 157 Å². The molecule has 129 valence electrons. The van der Waals surface area contributed by atoms with Gasteiger partial charge in [-0.05, 0) is 66.9 Å². The van der Waals surface area contributed by atoms with Crippen LogP contribution in [0.5, 0.6) is 0 Å². The molecule has 0 amide bonds. The maximum absolute atomic E-state index is 7.41. The van der Waals surface area contributed by atoms with E-state index in [4.69, 9.17) is 5.73 Å². The topological polar surface area (TPSA) is 27.0 Å². The second kappa shape index (κ2) is 9.11. The SMILES string of the molecule is C=C[C@H]1CN2CC[C@H]1C[C@@H]2C[NH-].C[C]1[C](C)[C](C)[C](C)[C]1C.[Ru+2]. The maximum atomic E-state index is 7.41. The van der Waals surface area contributed by atoms with Gasteiger partial charge >= 0.3 is 19.5 Å². The van der Waals surface area contributed by atoms with Crippen molar-refractivity contribution in [2.24, 2.45) is 11.8 Å². The van der Waals surface area contributed by atoms with Gasteiger partial charge in [0.1, 0.15) is 0 Å². The minimum Gasteiger partial charge on any atom is -0.676 e. The van der Waals surface area contributed by atoms with Gasteiger partial charge in [0.2, 0.25) is 0 Å². The number of nitrogens with zero attached hydrogens (tertiary/aromatic N) is 1. The summed E-state index contributed by atoms with van der Waals surface area (Å²) in [5.74, 6) is 8.88. The van der Waals surface area contributed by atoms with Crippen LogP contribution in [0.2, 0.25) is 0 Å². The van der Waals surface area contributed by atoms with E-state index in [2.05, 4.69) is 52.2 Å². The second-order valence-corrected chi connectivity index (χ2v) is 7.16. The van der Waals surface area contributed by atoms with E-state index in [1.807, 2.05) is 0 Å². The van der Waals surface area contributed by atoms with Crippen LogP contribution in [0.25, 0.3) is 5.73 Å². The fourth-order valence-corrected chi connectivity index (χ4v) is 4.07. The van der Waals surface area contributed by atoms with Crippen molar-refractivity contribution in [3.05, 3.63) is 48.0 Å². The van der Waals surface area contributed by atoms with E-state index < -0.39 is 0 Å². The summed E-state index contributed by atoms with van der Waals surface area (Å²) >= 11 is 0. The van der Waals surface area contributed by atoms with Gasteiger partial charge in [-0.15, -0.1) is 13.1 Å². The number of fused-ring (bicyclic) bond motifs is 3. The van der Waals surface area contributed by atoms with Crippen molar-refractivity contribution < 1.29 is 19.5 Å². The molecule has 4 fully saturated rings. The van der Waals surface area contributed by atoms with Crippen molar-refractivity contribution in [2.45, 2.75) is 53.5 Å². The van der Waals surface area contributed by atoms with E-state index in [1.54, 1.807) is 0 Å². The summed E-state index contributed by atoms with van der Waals surface area (Å²) in [7, 11) is 0. The number of rotatable bonds is 2. The van der Waals surface area contributed by atoms with Crippen LogP contribution in [0.4, 0.5) is 0 Å². The molecule has 3 saturated heterocycles. The van der Waals surface area contributed by atoms with Crippen molar-refractivity contribution in [1.29, 1.82) is 0 Å². The zero-order valence-corrected chi connectivity index (χ0v) is 17.1. The largest absolute Gasteiger partial charge is 2.00 e. The van der Waals surface area contributed by atoms with E-state index in [0.717, 1.165) is 12.5 Å². The Hall–Kier alpha value is 0.283. The molecule has 1 aliphatic carbocycles. The quantitative estimate of drug-likeness (QED) is 0.477. The molecule has 4 aliphatic rings. The molecule has 3 heterocycles. The van der Waals surface area contributed by atoms with Gasteiger partial charge in [0.25, 0.3) is 0 Å². The van der Waals surface area contributed by atoms with Gasteiger partial charge in [0, 0.05) is 6.54 Å². The molecule has 23 heavy (non-hydrogen) atoms. The molecule has 5 radical (unpaired) electrons. The Morgan fingerprint density at radius 2 is 1.52 bits per heavy atom. The van der Waals surface area contributed by atoms with E-state index in [0.29, 0.717) is 18.5 Å². The number of hydrogen-bond donors (Lipinski definition) is 0. The summed E-state index contributed by atoms with van der Waals surface area (Å²) < 4.78 is 0. The molecule has 3 heteroatoms. The first-order valence-electron chi connectivity index (χ1n) is 8.61. The molecule has 0 aromatic rings. The van der Waals surface area contributed by atoms with E-state index >= 15 is 0 Å². The molecule has 1 saturated carbocycles. The van der Waals surface area contributed by atoms with Crippen molar-refractivity contribution in [3.8, 4) is 0 Å².